The first-order valence-corrected chi connectivity index (χ1v) is 6.75. The normalized spacial score (nSPS) is 10.2. The molecule has 0 unspecified atom stereocenters. The van der Waals surface area contributed by atoms with E-state index in [1.807, 2.05) is 42.5 Å². The molecule has 1 N–H and O–H groups in total. The van der Waals surface area contributed by atoms with Gasteiger partial charge in [-0.25, -0.2) is 9.67 Å². The molecule has 0 fully saturated rings. The van der Waals surface area contributed by atoms with E-state index in [2.05, 4.69) is 15.4 Å². The molecule has 0 aliphatic heterocycles. The fourth-order valence-corrected chi connectivity index (χ4v) is 1.93. The Kier molecular flexibility index (Phi) is 4.10. The zero-order valence-corrected chi connectivity index (χ0v) is 11.7. The molecule has 0 saturated heterocycles. The molecule has 3 rings (SSSR count). The zero-order valence-electron chi connectivity index (χ0n) is 11.7. The van der Waals surface area contributed by atoms with Crippen molar-refractivity contribution in [2.45, 2.75) is 6.54 Å². The van der Waals surface area contributed by atoms with E-state index in [1.54, 1.807) is 12.1 Å². The highest BCUT2D eigenvalue weighted by Gasteiger charge is 2.09. The maximum absolute atomic E-state index is 12.0. The van der Waals surface area contributed by atoms with E-state index in [1.165, 1.54) is 17.3 Å². The summed E-state index contributed by atoms with van der Waals surface area (Å²) in [6.07, 6.45) is 2.88. The van der Waals surface area contributed by atoms with Crippen molar-refractivity contribution in [1.29, 1.82) is 0 Å². The van der Waals surface area contributed by atoms with Gasteiger partial charge in [0.1, 0.15) is 24.9 Å². The summed E-state index contributed by atoms with van der Waals surface area (Å²) in [6, 6.07) is 16.7. The van der Waals surface area contributed by atoms with E-state index in [9.17, 15) is 4.79 Å². The van der Waals surface area contributed by atoms with E-state index in [0.29, 0.717) is 17.2 Å². The van der Waals surface area contributed by atoms with Crippen LogP contribution in [0.25, 0.3) is 0 Å². The zero-order chi connectivity index (χ0) is 15.2. The van der Waals surface area contributed by atoms with Crippen molar-refractivity contribution in [1.82, 2.24) is 14.8 Å². The average molecular weight is 294 g/mol. The number of amides is 1. The number of carbonyl (C=O) groups is 1. The van der Waals surface area contributed by atoms with Crippen LogP contribution in [0.3, 0.4) is 0 Å². The molecule has 0 saturated carbocycles. The molecule has 1 amide bonds. The van der Waals surface area contributed by atoms with Gasteiger partial charge in [-0.05, 0) is 24.3 Å². The summed E-state index contributed by atoms with van der Waals surface area (Å²) in [5, 5.41) is 6.72. The van der Waals surface area contributed by atoms with Crippen LogP contribution in [0.4, 0.5) is 5.69 Å². The monoisotopic (exact) mass is 294 g/mol. The lowest BCUT2D eigenvalue weighted by molar-refractivity contribution is -0.116. The number of para-hydroxylation sites is 3. The summed E-state index contributed by atoms with van der Waals surface area (Å²) in [6.45, 7) is 0.0969. The number of carbonyl (C=O) groups excluding carboxylic acids is 1. The molecular weight excluding hydrogens is 280 g/mol. The molecule has 22 heavy (non-hydrogen) atoms. The molecule has 3 aromatic rings. The molecule has 0 atom stereocenters. The molecule has 0 radical (unpaired) electrons. The lowest BCUT2D eigenvalue weighted by Gasteiger charge is -2.12. The molecule has 2 aromatic carbocycles. The summed E-state index contributed by atoms with van der Waals surface area (Å²) >= 11 is 0. The van der Waals surface area contributed by atoms with Crippen LogP contribution in [0, 0.1) is 0 Å². The second-order valence-electron chi connectivity index (χ2n) is 4.55. The van der Waals surface area contributed by atoms with Crippen molar-refractivity contribution in [3.63, 3.8) is 0 Å². The Balaban J connectivity index is 1.72. The van der Waals surface area contributed by atoms with Crippen molar-refractivity contribution < 1.29 is 9.53 Å². The fourth-order valence-electron chi connectivity index (χ4n) is 1.93. The van der Waals surface area contributed by atoms with Crippen LogP contribution in [0.2, 0.25) is 0 Å². The van der Waals surface area contributed by atoms with Gasteiger partial charge in [0.05, 0.1) is 5.69 Å². The SMILES string of the molecule is O=C(Cn1cncn1)Nc1ccccc1Oc1ccccc1. The van der Waals surface area contributed by atoms with E-state index in [0.717, 1.165) is 0 Å². The second kappa shape index (κ2) is 6.53. The number of nitrogens with zero attached hydrogens (tertiary/aromatic N) is 3. The maximum atomic E-state index is 12.0. The van der Waals surface area contributed by atoms with E-state index < -0.39 is 0 Å². The standard InChI is InChI=1S/C16H14N4O2/c21-16(10-20-12-17-11-18-20)19-14-8-4-5-9-15(14)22-13-6-2-1-3-7-13/h1-9,11-12H,10H2,(H,19,21). The van der Waals surface area contributed by atoms with Crippen LogP contribution >= 0.6 is 0 Å². The molecule has 1 heterocycles. The van der Waals surface area contributed by atoms with Crippen molar-refractivity contribution in [3.8, 4) is 11.5 Å². The van der Waals surface area contributed by atoms with Gasteiger partial charge in [-0.3, -0.25) is 4.79 Å². The van der Waals surface area contributed by atoms with Crippen LogP contribution in [-0.2, 0) is 11.3 Å². The molecule has 0 aliphatic rings. The van der Waals surface area contributed by atoms with Gasteiger partial charge in [0.2, 0.25) is 5.91 Å². The number of anilines is 1. The van der Waals surface area contributed by atoms with Crippen LogP contribution in [0.15, 0.2) is 67.3 Å². The van der Waals surface area contributed by atoms with E-state index >= 15 is 0 Å². The molecule has 110 valence electrons. The summed E-state index contributed by atoms with van der Waals surface area (Å²) in [7, 11) is 0. The Morgan fingerprint density at radius 1 is 1.09 bits per heavy atom. The molecule has 6 nitrogen and oxygen atoms in total. The smallest absolute Gasteiger partial charge is 0.246 e. The number of benzene rings is 2. The van der Waals surface area contributed by atoms with Gasteiger partial charge in [0.15, 0.2) is 5.75 Å². The number of rotatable bonds is 5. The molecule has 0 aliphatic carbocycles. The van der Waals surface area contributed by atoms with Gasteiger partial charge >= 0.3 is 0 Å². The lowest BCUT2D eigenvalue weighted by Crippen LogP contribution is -2.19. The molecule has 1 aromatic heterocycles. The number of hydrogen-bond donors (Lipinski definition) is 1. The van der Waals surface area contributed by atoms with Gasteiger partial charge in [-0.1, -0.05) is 30.3 Å². The van der Waals surface area contributed by atoms with Gasteiger partial charge < -0.3 is 10.1 Å². The summed E-state index contributed by atoms with van der Waals surface area (Å²) < 4.78 is 7.25. The summed E-state index contributed by atoms with van der Waals surface area (Å²) in [4.78, 5) is 15.8. The van der Waals surface area contributed by atoms with Gasteiger partial charge in [-0.2, -0.15) is 5.10 Å². The Morgan fingerprint density at radius 3 is 2.64 bits per heavy atom. The topological polar surface area (TPSA) is 69.0 Å². The number of ether oxygens (including phenoxy) is 1. The Morgan fingerprint density at radius 2 is 1.86 bits per heavy atom. The minimum atomic E-state index is -0.199. The first kappa shape index (κ1) is 13.8. The minimum absolute atomic E-state index is 0.0969. The quantitative estimate of drug-likeness (QED) is 0.785. The molecule has 0 spiro atoms. The predicted octanol–water partition coefficient (Wildman–Crippen LogP) is 2.71. The summed E-state index contributed by atoms with van der Waals surface area (Å²) in [5.41, 5.74) is 0.608. The van der Waals surface area contributed by atoms with Crippen molar-refractivity contribution in [3.05, 3.63) is 67.3 Å². The van der Waals surface area contributed by atoms with Crippen molar-refractivity contribution >= 4 is 11.6 Å². The highest BCUT2D eigenvalue weighted by Crippen LogP contribution is 2.28. The van der Waals surface area contributed by atoms with Crippen LogP contribution in [0.5, 0.6) is 11.5 Å². The highest BCUT2D eigenvalue weighted by atomic mass is 16.5. The third-order valence-electron chi connectivity index (χ3n) is 2.90. The van der Waals surface area contributed by atoms with Crippen molar-refractivity contribution in [2.24, 2.45) is 0 Å². The van der Waals surface area contributed by atoms with E-state index in [4.69, 9.17) is 4.74 Å². The minimum Gasteiger partial charge on any atom is -0.455 e. The first-order valence-electron chi connectivity index (χ1n) is 6.75. The van der Waals surface area contributed by atoms with Gasteiger partial charge in [0, 0.05) is 0 Å². The van der Waals surface area contributed by atoms with Crippen LogP contribution in [-0.4, -0.2) is 20.7 Å². The number of aromatic nitrogens is 3. The Hall–Kier alpha value is -3.15. The second-order valence-corrected chi connectivity index (χ2v) is 4.55. The van der Waals surface area contributed by atoms with Crippen LogP contribution in [0.1, 0.15) is 0 Å². The van der Waals surface area contributed by atoms with Gasteiger partial charge in [0.25, 0.3) is 0 Å². The number of hydrogen-bond acceptors (Lipinski definition) is 4. The van der Waals surface area contributed by atoms with E-state index in [-0.39, 0.29) is 12.5 Å². The third kappa shape index (κ3) is 3.49. The Labute approximate surface area is 127 Å². The van der Waals surface area contributed by atoms with Crippen LogP contribution < -0.4 is 10.1 Å². The number of nitrogens with one attached hydrogen (secondary N) is 1. The molecule has 6 heteroatoms. The average Bonchev–Trinajstić information content (AvgIpc) is 3.03. The third-order valence-corrected chi connectivity index (χ3v) is 2.90. The van der Waals surface area contributed by atoms with Crippen molar-refractivity contribution in [2.75, 3.05) is 5.32 Å². The molecule has 0 bridgehead atoms. The van der Waals surface area contributed by atoms with Gasteiger partial charge in [-0.15, -0.1) is 0 Å². The fraction of sp³-hybridized carbons (Fsp3) is 0.0625. The Bertz CT molecular complexity index is 742. The highest BCUT2D eigenvalue weighted by molar-refractivity contribution is 5.92. The molecular formula is C16H14N4O2. The largest absolute Gasteiger partial charge is 0.455 e. The maximum Gasteiger partial charge on any atom is 0.246 e. The first-order chi connectivity index (χ1) is 10.8. The summed E-state index contributed by atoms with van der Waals surface area (Å²) in [5.74, 6) is 1.09. The lowest BCUT2D eigenvalue weighted by atomic mass is 10.3. The predicted molar refractivity (Wildman–Crippen MR) is 81.6 cm³/mol.